The zero-order valence-corrected chi connectivity index (χ0v) is 14.5. The van der Waals surface area contributed by atoms with Crippen molar-refractivity contribution in [3.05, 3.63) is 61.2 Å². The van der Waals surface area contributed by atoms with Crippen molar-refractivity contribution in [1.29, 1.82) is 0 Å². The van der Waals surface area contributed by atoms with Gasteiger partial charge >= 0.3 is 11.7 Å². The third-order valence-electron chi connectivity index (χ3n) is 3.22. The average Bonchev–Trinajstić information content (AvgIpc) is 2.56. The van der Waals surface area contributed by atoms with Gasteiger partial charge in [0.05, 0.1) is 5.56 Å². The Kier molecular flexibility index (Phi) is 5.35. The molecule has 126 valence electrons. The maximum Gasteiger partial charge on any atom is 0.339 e. The number of nitrogens with one attached hydrogen (secondary N) is 1. The zero-order chi connectivity index (χ0) is 17.9. The zero-order valence-electron chi connectivity index (χ0n) is 12.9. The highest BCUT2D eigenvalue weighted by molar-refractivity contribution is 9.10. The summed E-state index contributed by atoms with van der Waals surface area (Å²) in [5.74, 6) is -1.32. The van der Waals surface area contributed by atoms with Crippen molar-refractivity contribution < 1.29 is 14.3 Å². The first-order valence-electron chi connectivity index (χ1n) is 6.80. The van der Waals surface area contributed by atoms with Gasteiger partial charge in [-0.1, -0.05) is 12.1 Å². The third kappa shape index (κ3) is 3.80. The molecule has 0 spiro atoms. The van der Waals surface area contributed by atoms with E-state index in [0.29, 0.717) is 4.47 Å². The van der Waals surface area contributed by atoms with Crippen molar-refractivity contribution in [3.8, 4) is 0 Å². The van der Waals surface area contributed by atoms with E-state index in [1.54, 1.807) is 24.3 Å². The Bertz CT molecular complexity index is 916. The van der Waals surface area contributed by atoms with Gasteiger partial charge in [-0.2, -0.15) is 0 Å². The average molecular weight is 396 g/mol. The van der Waals surface area contributed by atoms with E-state index in [1.165, 1.54) is 14.1 Å². The van der Waals surface area contributed by atoms with Crippen LogP contribution in [-0.4, -0.2) is 27.6 Å². The molecule has 24 heavy (non-hydrogen) atoms. The molecule has 0 unspecified atom stereocenters. The summed E-state index contributed by atoms with van der Waals surface area (Å²) in [6, 6.07) is 7.73. The molecule has 8 nitrogen and oxygen atoms in total. The smallest absolute Gasteiger partial charge is 0.339 e. The van der Waals surface area contributed by atoms with E-state index in [9.17, 15) is 19.2 Å². The van der Waals surface area contributed by atoms with Crippen molar-refractivity contribution in [3.63, 3.8) is 0 Å². The van der Waals surface area contributed by atoms with Gasteiger partial charge in [-0.05, 0) is 28.1 Å². The van der Waals surface area contributed by atoms with Gasteiger partial charge in [0.15, 0.2) is 6.61 Å². The molecule has 0 aliphatic carbocycles. The van der Waals surface area contributed by atoms with Crippen LogP contribution in [0.15, 0.2) is 44.4 Å². The number of amides is 1. The Labute approximate surface area is 144 Å². The lowest BCUT2D eigenvalue weighted by Gasteiger charge is -2.11. The maximum atomic E-state index is 11.9. The molecule has 0 radical (unpaired) electrons. The predicted molar refractivity (Wildman–Crippen MR) is 90.0 cm³/mol. The monoisotopic (exact) mass is 395 g/mol. The van der Waals surface area contributed by atoms with Crippen LogP contribution in [0.2, 0.25) is 0 Å². The fourth-order valence-electron chi connectivity index (χ4n) is 1.87. The van der Waals surface area contributed by atoms with Crippen LogP contribution in [-0.2, 0) is 23.6 Å². The quantitative estimate of drug-likeness (QED) is 0.765. The molecule has 0 fully saturated rings. The van der Waals surface area contributed by atoms with Crippen LogP contribution in [0.5, 0.6) is 0 Å². The van der Waals surface area contributed by atoms with Crippen LogP contribution >= 0.6 is 15.9 Å². The van der Waals surface area contributed by atoms with Crippen molar-refractivity contribution in [1.82, 2.24) is 9.13 Å². The van der Waals surface area contributed by atoms with Gasteiger partial charge in [-0.15, -0.1) is 0 Å². The topological polar surface area (TPSA) is 99.4 Å². The van der Waals surface area contributed by atoms with Crippen molar-refractivity contribution in [2.45, 2.75) is 0 Å². The van der Waals surface area contributed by atoms with Gasteiger partial charge in [0, 0.05) is 24.6 Å². The second-order valence-corrected chi connectivity index (χ2v) is 5.73. The molecule has 0 saturated carbocycles. The first kappa shape index (κ1) is 17.7. The van der Waals surface area contributed by atoms with Gasteiger partial charge in [-0.25, -0.2) is 9.59 Å². The number of rotatable bonds is 4. The highest BCUT2D eigenvalue weighted by atomic mass is 79.9. The number of nitrogens with zero attached hydrogens (tertiary/aromatic N) is 2. The first-order valence-corrected chi connectivity index (χ1v) is 7.59. The SMILES string of the molecule is Cn1c(NC(=O)COC(=O)c2ccccc2Br)cc(=O)n(C)c1=O. The molecule has 1 aromatic heterocycles. The summed E-state index contributed by atoms with van der Waals surface area (Å²) in [4.78, 5) is 47.1. The molecule has 0 atom stereocenters. The standard InChI is InChI=1S/C15H14BrN3O5/c1-18-11(7-13(21)19(2)15(18)23)17-12(20)8-24-14(22)9-5-3-4-6-10(9)16/h3-7H,8H2,1-2H3,(H,17,20). The van der Waals surface area contributed by atoms with Gasteiger partial charge in [-0.3, -0.25) is 18.7 Å². The number of anilines is 1. The summed E-state index contributed by atoms with van der Waals surface area (Å²) in [7, 11) is 2.74. The fraction of sp³-hybridized carbons (Fsp3) is 0.200. The van der Waals surface area contributed by atoms with E-state index in [0.717, 1.165) is 15.2 Å². The van der Waals surface area contributed by atoms with E-state index < -0.39 is 29.7 Å². The minimum atomic E-state index is -0.671. The molecule has 0 aliphatic heterocycles. The van der Waals surface area contributed by atoms with E-state index in [4.69, 9.17) is 4.74 Å². The number of ether oxygens (including phenoxy) is 1. The van der Waals surface area contributed by atoms with Gasteiger partial charge in [0.25, 0.3) is 11.5 Å². The number of esters is 1. The number of carbonyl (C=O) groups is 2. The van der Waals surface area contributed by atoms with Crippen LogP contribution in [0.3, 0.4) is 0 Å². The first-order chi connectivity index (χ1) is 11.3. The Balaban J connectivity index is 2.05. The van der Waals surface area contributed by atoms with E-state index >= 15 is 0 Å². The summed E-state index contributed by atoms with van der Waals surface area (Å²) in [5.41, 5.74) is -0.854. The lowest BCUT2D eigenvalue weighted by molar-refractivity contribution is -0.119. The normalized spacial score (nSPS) is 10.3. The van der Waals surface area contributed by atoms with Crippen LogP contribution in [0, 0.1) is 0 Å². The number of aromatic nitrogens is 2. The maximum absolute atomic E-state index is 11.9. The number of hydrogen-bond donors (Lipinski definition) is 1. The molecular formula is C15H14BrN3O5. The number of carbonyl (C=O) groups excluding carboxylic acids is 2. The Morgan fingerprint density at radius 2 is 1.83 bits per heavy atom. The summed E-state index contributed by atoms with van der Waals surface area (Å²) < 4.78 is 7.47. The van der Waals surface area contributed by atoms with Crippen LogP contribution in [0.4, 0.5) is 5.82 Å². The molecule has 9 heteroatoms. The minimum absolute atomic E-state index is 0.0186. The number of hydrogen-bond acceptors (Lipinski definition) is 5. The molecule has 0 aliphatic rings. The molecule has 2 aromatic rings. The molecule has 1 aromatic carbocycles. The van der Waals surface area contributed by atoms with Crippen LogP contribution in [0.25, 0.3) is 0 Å². The van der Waals surface area contributed by atoms with Crippen molar-refractivity contribution >= 4 is 33.6 Å². The lowest BCUT2D eigenvalue weighted by Crippen LogP contribution is -2.38. The number of benzene rings is 1. The summed E-state index contributed by atoms with van der Waals surface area (Å²) >= 11 is 3.21. The highest BCUT2D eigenvalue weighted by Gasteiger charge is 2.14. The van der Waals surface area contributed by atoms with Gasteiger partial charge in [0.1, 0.15) is 5.82 Å². The Morgan fingerprint density at radius 1 is 1.17 bits per heavy atom. The molecule has 1 heterocycles. The molecule has 0 bridgehead atoms. The number of halogens is 1. The molecule has 1 N–H and O–H groups in total. The third-order valence-corrected chi connectivity index (χ3v) is 3.91. The summed E-state index contributed by atoms with van der Waals surface area (Å²) in [6.45, 7) is -0.552. The van der Waals surface area contributed by atoms with Crippen LogP contribution in [0.1, 0.15) is 10.4 Å². The van der Waals surface area contributed by atoms with Crippen LogP contribution < -0.4 is 16.6 Å². The fourth-order valence-corrected chi connectivity index (χ4v) is 2.31. The van der Waals surface area contributed by atoms with Gasteiger partial charge < -0.3 is 10.1 Å². The summed E-state index contributed by atoms with van der Waals surface area (Å²) in [5, 5.41) is 2.36. The second-order valence-electron chi connectivity index (χ2n) is 4.87. The van der Waals surface area contributed by atoms with Crippen molar-refractivity contribution in [2.75, 3.05) is 11.9 Å². The summed E-state index contributed by atoms with van der Waals surface area (Å²) in [6.07, 6.45) is 0. The van der Waals surface area contributed by atoms with Gasteiger partial charge in [0.2, 0.25) is 0 Å². The highest BCUT2D eigenvalue weighted by Crippen LogP contribution is 2.16. The largest absolute Gasteiger partial charge is 0.452 e. The minimum Gasteiger partial charge on any atom is -0.452 e. The lowest BCUT2D eigenvalue weighted by atomic mass is 10.2. The second kappa shape index (κ2) is 7.26. The molecule has 2 rings (SSSR count). The predicted octanol–water partition coefficient (Wildman–Crippen LogP) is 0.642. The molecule has 1 amide bonds. The molecular weight excluding hydrogens is 382 g/mol. The van der Waals surface area contributed by atoms with Crippen molar-refractivity contribution in [2.24, 2.45) is 14.1 Å². The van der Waals surface area contributed by atoms with E-state index in [1.807, 2.05) is 0 Å². The van der Waals surface area contributed by atoms with E-state index in [-0.39, 0.29) is 11.4 Å². The Morgan fingerprint density at radius 3 is 2.50 bits per heavy atom. The van der Waals surface area contributed by atoms with E-state index in [2.05, 4.69) is 21.2 Å². The molecule has 0 saturated heterocycles. The Hall–Kier alpha value is -2.68.